The van der Waals surface area contributed by atoms with E-state index >= 15 is 0 Å². The van der Waals surface area contributed by atoms with E-state index in [1.165, 1.54) is 29.8 Å². The number of sulfone groups is 1. The standard InChI is InChI=1S/C20H20FN3O4S2/c1-2-24(15-7-8-30(26,27)11-15)17(25)9-28-19-18-16(10-29-20(18)23-12-22-19)13-3-5-14(21)6-4-13/h3-6,10,12,15H,2,7-9,11H2,1H3/t15-/m0/s1. The van der Waals surface area contributed by atoms with Gasteiger partial charge in [-0.3, -0.25) is 4.79 Å². The Hall–Kier alpha value is -2.59. The Bertz CT molecular complexity index is 1180. The van der Waals surface area contributed by atoms with E-state index in [9.17, 15) is 17.6 Å². The van der Waals surface area contributed by atoms with Crippen LogP contribution >= 0.6 is 11.3 Å². The van der Waals surface area contributed by atoms with Gasteiger partial charge in [-0.2, -0.15) is 0 Å². The fraction of sp³-hybridized carbons (Fsp3) is 0.350. The van der Waals surface area contributed by atoms with Crippen molar-refractivity contribution >= 4 is 37.3 Å². The fourth-order valence-electron chi connectivity index (χ4n) is 3.67. The van der Waals surface area contributed by atoms with Crippen molar-refractivity contribution in [3.63, 3.8) is 0 Å². The highest BCUT2D eigenvalue weighted by molar-refractivity contribution is 7.91. The molecule has 0 radical (unpaired) electrons. The Morgan fingerprint density at radius 3 is 2.73 bits per heavy atom. The van der Waals surface area contributed by atoms with Crippen LogP contribution in [0.2, 0.25) is 0 Å². The molecule has 3 aromatic rings. The van der Waals surface area contributed by atoms with E-state index in [4.69, 9.17) is 4.74 Å². The third-order valence-electron chi connectivity index (χ3n) is 5.13. The molecule has 1 fully saturated rings. The molecular formula is C20H20FN3O4S2. The third-order valence-corrected chi connectivity index (χ3v) is 7.77. The average Bonchev–Trinajstić information content (AvgIpc) is 3.31. The van der Waals surface area contributed by atoms with Crippen LogP contribution in [0.4, 0.5) is 4.39 Å². The summed E-state index contributed by atoms with van der Waals surface area (Å²) in [6, 6.07) is 5.76. The minimum absolute atomic E-state index is 0.0103. The molecule has 0 bridgehead atoms. The van der Waals surface area contributed by atoms with Gasteiger partial charge in [0.25, 0.3) is 5.91 Å². The molecule has 0 N–H and O–H groups in total. The number of amides is 1. The van der Waals surface area contributed by atoms with E-state index in [0.717, 1.165) is 11.1 Å². The van der Waals surface area contributed by atoms with Crippen molar-refractivity contribution < 1.29 is 22.3 Å². The molecule has 1 aromatic carbocycles. The van der Waals surface area contributed by atoms with Crippen molar-refractivity contribution in [2.75, 3.05) is 24.7 Å². The normalized spacial score (nSPS) is 17.9. The number of likely N-dealkylation sites (N-methyl/N-ethyl adjacent to an activating group) is 1. The summed E-state index contributed by atoms with van der Waals surface area (Å²) >= 11 is 1.41. The summed E-state index contributed by atoms with van der Waals surface area (Å²) in [7, 11) is -3.09. The summed E-state index contributed by atoms with van der Waals surface area (Å²) in [5.74, 6) is -0.256. The molecule has 10 heteroatoms. The minimum atomic E-state index is -3.09. The molecule has 2 aromatic heterocycles. The first-order chi connectivity index (χ1) is 14.4. The predicted octanol–water partition coefficient (Wildman–Crippen LogP) is 2.91. The monoisotopic (exact) mass is 449 g/mol. The van der Waals surface area contributed by atoms with Crippen LogP contribution in [-0.2, 0) is 14.6 Å². The van der Waals surface area contributed by atoms with Gasteiger partial charge in [-0.25, -0.2) is 22.8 Å². The van der Waals surface area contributed by atoms with Gasteiger partial charge in [0.15, 0.2) is 16.4 Å². The molecule has 1 aliphatic rings. The van der Waals surface area contributed by atoms with Crippen LogP contribution in [-0.4, -0.2) is 59.9 Å². The lowest BCUT2D eigenvalue weighted by Crippen LogP contribution is -2.43. The maximum absolute atomic E-state index is 13.3. The molecular weight excluding hydrogens is 429 g/mol. The lowest BCUT2D eigenvalue weighted by atomic mass is 10.1. The molecule has 7 nitrogen and oxygen atoms in total. The smallest absolute Gasteiger partial charge is 0.260 e. The predicted molar refractivity (Wildman–Crippen MR) is 113 cm³/mol. The number of hydrogen-bond donors (Lipinski definition) is 0. The first kappa shape index (κ1) is 20.7. The number of rotatable bonds is 6. The molecule has 1 saturated heterocycles. The van der Waals surface area contributed by atoms with Gasteiger partial charge in [-0.1, -0.05) is 12.1 Å². The van der Waals surface area contributed by atoms with Crippen LogP contribution in [0, 0.1) is 5.82 Å². The van der Waals surface area contributed by atoms with E-state index in [-0.39, 0.29) is 41.8 Å². The lowest BCUT2D eigenvalue weighted by molar-refractivity contribution is -0.135. The zero-order valence-corrected chi connectivity index (χ0v) is 17.9. The zero-order valence-electron chi connectivity index (χ0n) is 16.2. The van der Waals surface area contributed by atoms with Crippen molar-refractivity contribution in [1.29, 1.82) is 0 Å². The lowest BCUT2D eigenvalue weighted by Gasteiger charge is -2.26. The van der Waals surface area contributed by atoms with Gasteiger partial charge in [-0.15, -0.1) is 11.3 Å². The van der Waals surface area contributed by atoms with E-state index in [2.05, 4.69) is 9.97 Å². The number of fused-ring (bicyclic) bond motifs is 1. The summed E-state index contributed by atoms with van der Waals surface area (Å²) in [6.07, 6.45) is 1.81. The maximum Gasteiger partial charge on any atom is 0.260 e. The number of nitrogens with zero attached hydrogens (tertiary/aromatic N) is 3. The Morgan fingerprint density at radius 1 is 1.30 bits per heavy atom. The zero-order chi connectivity index (χ0) is 21.3. The molecule has 0 unspecified atom stereocenters. The topological polar surface area (TPSA) is 89.5 Å². The second kappa shape index (κ2) is 8.27. The molecule has 0 aliphatic carbocycles. The average molecular weight is 450 g/mol. The van der Waals surface area contributed by atoms with Gasteiger partial charge in [-0.05, 0) is 31.0 Å². The number of carbonyl (C=O) groups excluding carboxylic acids is 1. The minimum Gasteiger partial charge on any atom is -0.467 e. The highest BCUT2D eigenvalue weighted by Crippen LogP contribution is 2.37. The SMILES string of the molecule is CCN(C(=O)COc1ncnc2scc(-c3ccc(F)cc3)c12)[C@H]1CCS(=O)(=O)C1. The summed E-state index contributed by atoms with van der Waals surface area (Å²) in [5, 5.41) is 2.55. The summed E-state index contributed by atoms with van der Waals surface area (Å²) in [5.41, 5.74) is 1.59. The fourth-order valence-corrected chi connectivity index (χ4v) is 6.31. The van der Waals surface area contributed by atoms with Crippen LogP contribution in [0.1, 0.15) is 13.3 Å². The molecule has 158 valence electrons. The number of halogens is 1. The molecule has 0 saturated carbocycles. The van der Waals surface area contributed by atoms with Crippen molar-refractivity contribution in [3.8, 4) is 17.0 Å². The van der Waals surface area contributed by atoms with Gasteiger partial charge in [0, 0.05) is 23.5 Å². The van der Waals surface area contributed by atoms with E-state index < -0.39 is 9.84 Å². The number of hydrogen-bond acceptors (Lipinski definition) is 7. The van der Waals surface area contributed by atoms with Crippen LogP contribution < -0.4 is 4.74 Å². The van der Waals surface area contributed by atoms with E-state index in [1.807, 2.05) is 12.3 Å². The van der Waals surface area contributed by atoms with Gasteiger partial charge in [0.05, 0.1) is 16.9 Å². The molecule has 1 aliphatic heterocycles. The molecule has 30 heavy (non-hydrogen) atoms. The molecule has 0 spiro atoms. The van der Waals surface area contributed by atoms with Crippen molar-refractivity contribution in [3.05, 3.63) is 41.8 Å². The second-order valence-corrected chi connectivity index (χ2v) is 10.1. The summed E-state index contributed by atoms with van der Waals surface area (Å²) < 4.78 is 42.6. The number of carbonyl (C=O) groups is 1. The Morgan fingerprint density at radius 2 is 2.07 bits per heavy atom. The van der Waals surface area contributed by atoms with E-state index in [1.54, 1.807) is 17.0 Å². The number of ether oxygens (including phenoxy) is 1. The maximum atomic E-state index is 13.3. The number of benzene rings is 1. The van der Waals surface area contributed by atoms with E-state index in [0.29, 0.717) is 23.2 Å². The first-order valence-corrected chi connectivity index (χ1v) is 12.2. The summed E-state index contributed by atoms with van der Waals surface area (Å²) in [4.78, 5) is 23.4. The van der Waals surface area contributed by atoms with Gasteiger partial charge < -0.3 is 9.64 Å². The largest absolute Gasteiger partial charge is 0.467 e. The molecule has 1 amide bonds. The number of thiophene rings is 1. The second-order valence-electron chi connectivity index (χ2n) is 7.04. The Labute approximate surface area is 177 Å². The third kappa shape index (κ3) is 4.15. The van der Waals surface area contributed by atoms with Crippen molar-refractivity contribution in [2.24, 2.45) is 0 Å². The van der Waals surface area contributed by atoms with Crippen molar-refractivity contribution in [1.82, 2.24) is 14.9 Å². The van der Waals surface area contributed by atoms with Crippen LogP contribution in [0.3, 0.4) is 0 Å². The highest BCUT2D eigenvalue weighted by Gasteiger charge is 2.34. The number of aromatic nitrogens is 2. The van der Waals surface area contributed by atoms with Crippen LogP contribution in [0.15, 0.2) is 36.0 Å². The molecule has 4 rings (SSSR count). The van der Waals surface area contributed by atoms with Crippen LogP contribution in [0.5, 0.6) is 5.88 Å². The van der Waals surface area contributed by atoms with Gasteiger partial charge >= 0.3 is 0 Å². The Kier molecular flexibility index (Phi) is 5.70. The van der Waals surface area contributed by atoms with Crippen LogP contribution in [0.25, 0.3) is 21.3 Å². The molecule has 3 heterocycles. The van der Waals surface area contributed by atoms with Crippen molar-refractivity contribution in [2.45, 2.75) is 19.4 Å². The van der Waals surface area contributed by atoms with Gasteiger partial charge in [0.2, 0.25) is 5.88 Å². The quantitative estimate of drug-likeness (QED) is 0.575. The first-order valence-electron chi connectivity index (χ1n) is 9.49. The Balaban J connectivity index is 1.56. The van der Waals surface area contributed by atoms with Gasteiger partial charge in [0.1, 0.15) is 17.0 Å². The highest BCUT2D eigenvalue weighted by atomic mass is 32.2. The molecule has 1 atom stereocenters. The summed E-state index contributed by atoms with van der Waals surface area (Å²) in [6.45, 7) is 1.97.